The number of rotatable bonds is 1. The third kappa shape index (κ3) is 2.88. The van der Waals surface area contributed by atoms with Crippen molar-refractivity contribution in [1.82, 2.24) is 4.90 Å². The molecule has 1 unspecified atom stereocenters. The molecule has 15 heavy (non-hydrogen) atoms. The third-order valence-corrected chi connectivity index (χ3v) is 4.39. The standard InChI is InChI=1S/C11H20N2OS/c12-10-2-1-5-13(8-10)11(14)9-3-6-15-7-4-9/h9-10H,1-8,12H2. The molecule has 1 amide bonds. The van der Waals surface area contributed by atoms with Gasteiger partial charge < -0.3 is 10.6 Å². The van der Waals surface area contributed by atoms with Crippen molar-refractivity contribution in [2.75, 3.05) is 24.6 Å². The number of hydrogen-bond acceptors (Lipinski definition) is 3. The number of carbonyl (C=O) groups excluding carboxylic acids is 1. The summed E-state index contributed by atoms with van der Waals surface area (Å²) in [6.45, 7) is 1.71. The number of hydrogen-bond donors (Lipinski definition) is 1. The normalized spacial score (nSPS) is 29.1. The smallest absolute Gasteiger partial charge is 0.225 e. The predicted molar refractivity (Wildman–Crippen MR) is 63.8 cm³/mol. The Labute approximate surface area is 95.8 Å². The van der Waals surface area contributed by atoms with Crippen LogP contribution < -0.4 is 5.73 Å². The van der Waals surface area contributed by atoms with E-state index in [1.165, 1.54) is 0 Å². The molecule has 2 aliphatic rings. The van der Waals surface area contributed by atoms with Crippen LogP contribution in [0.4, 0.5) is 0 Å². The van der Waals surface area contributed by atoms with Crippen LogP contribution in [0.15, 0.2) is 0 Å². The van der Waals surface area contributed by atoms with Gasteiger partial charge in [0.25, 0.3) is 0 Å². The molecular formula is C11H20N2OS. The molecule has 0 aromatic carbocycles. The van der Waals surface area contributed by atoms with Crippen molar-refractivity contribution in [2.24, 2.45) is 11.7 Å². The molecule has 0 radical (unpaired) electrons. The molecule has 2 heterocycles. The van der Waals surface area contributed by atoms with Crippen LogP contribution in [-0.4, -0.2) is 41.4 Å². The van der Waals surface area contributed by atoms with Crippen molar-refractivity contribution in [1.29, 1.82) is 0 Å². The van der Waals surface area contributed by atoms with Gasteiger partial charge in [0.2, 0.25) is 5.91 Å². The van der Waals surface area contributed by atoms with Gasteiger partial charge in [0.1, 0.15) is 0 Å². The molecule has 0 aromatic rings. The second kappa shape index (κ2) is 5.21. The van der Waals surface area contributed by atoms with Gasteiger partial charge >= 0.3 is 0 Å². The van der Waals surface area contributed by atoms with Crippen LogP contribution in [0.3, 0.4) is 0 Å². The van der Waals surface area contributed by atoms with Crippen molar-refractivity contribution < 1.29 is 4.79 Å². The molecule has 0 aromatic heterocycles. The highest BCUT2D eigenvalue weighted by Gasteiger charge is 2.28. The highest BCUT2D eigenvalue weighted by atomic mass is 32.2. The maximum atomic E-state index is 12.2. The van der Waals surface area contributed by atoms with Crippen LogP contribution in [-0.2, 0) is 4.79 Å². The summed E-state index contributed by atoms with van der Waals surface area (Å²) in [7, 11) is 0. The van der Waals surface area contributed by atoms with Crippen molar-refractivity contribution in [3.8, 4) is 0 Å². The molecule has 2 aliphatic heterocycles. The number of nitrogens with zero attached hydrogens (tertiary/aromatic N) is 1. The van der Waals surface area contributed by atoms with E-state index in [9.17, 15) is 4.79 Å². The van der Waals surface area contributed by atoms with Crippen LogP contribution in [0.2, 0.25) is 0 Å². The zero-order chi connectivity index (χ0) is 10.7. The molecule has 1 atom stereocenters. The SMILES string of the molecule is NC1CCCN(C(=O)C2CCSCC2)C1. The zero-order valence-corrected chi connectivity index (χ0v) is 9.97. The first-order valence-corrected chi connectivity index (χ1v) is 7.05. The van der Waals surface area contributed by atoms with Gasteiger partial charge in [0.05, 0.1) is 0 Å². The van der Waals surface area contributed by atoms with Gasteiger partial charge in [-0.25, -0.2) is 0 Å². The molecule has 0 saturated carbocycles. The van der Waals surface area contributed by atoms with Gasteiger partial charge in [-0.1, -0.05) is 0 Å². The lowest BCUT2D eigenvalue weighted by Gasteiger charge is -2.34. The van der Waals surface area contributed by atoms with Crippen LogP contribution >= 0.6 is 11.8 Å². The summed E-state index contributed by atoms with van der Waals surface area (Å²) in [6, 6.07) is 0.209. The molecule has 2 rings (SSSR count). The Morgan fingerprint density at radius 3 is 2.67 bits per heavy atom. The van der Waals surface area contributed by atoms with Crippen LogP contribution in [0.1, 0.15) is 25.7 Å². The first kappa shape index (κ1) is 11.3. The maximum Gasteiger partial charge on any atom is 0.225 e. The van der Waals surface area contributed by atoms with E-state index < -0.39 is 0 Å². The second-order valence-electron chi connectivity index (χ2n) is 4.57. The molecule has 0 bridgehead atoms. The molecular weight excluding hydrogens is 208 g/mol. The number of piperidine rings is 1. The Kier molecular flexibility index (Phi) is 3.92. The molecule has 3 nitrogen and oxygen atoms in total. The third-order valence-electron chi connectivity index (χ3n) is 3.34. The Morgan fingerprint density at radius 1 is 1.27 bits per heavy atom. The van der Waals surface area contributed by atoms with Gasteiger partial charge in [-0.3, -0.25) is 4.79 Å². The largest absolute Gasteiger partial charge is 0.341 e. The average Bonchev–Trinajstić information content (AvgIpc) is 2.29. The van der Waals surface area contributed by atoms with Gasteiger partial charge in [0, 0.05) is 25.0 Å². The predicted octanol–water partition coefficient (Wildman–Crippen LogP) is 1.08. The van der Waals surface area contributed by atoms with E-state index in [1.807, 2.05) is 16.7 Å². The minimum atomic E-state index is 0.209. The van der Waals surface area contributed by atoms with Gasteiger partial charge in [-0.15, -0.1) is 0 Å². The summed E-state index contributed by atoms with van der Waals surface area (Å²) in [4.78, 5) is 14.2. The van der Waals surface area contributed by atoms with Crippen LogP contribution in [0.5, 0.6) is 0 Å². The van der Waals surface area contributed by atoms with E-state index in [0.717, 1.165) is 50.3 Å². The molecule has 2 N–H and O–H groups in total. The fraction of sp³-hybridized carbons (Fsp3) is 0.909. The van der Waals surface area contributed by atoms with E-state index in [4.69, 9.17) is 5.73 Å². The van der Waals surface area contributed by atoms with Gasteiger partial charge in [0.15, 0.2) is 0 Å². The van der Waals surface area contributed by atoms with E-state index in [0.29, 0.717) is 5.91 Å². The van der Waals surface area contributed by atoms with Crippen molar-refractivity contribution in [3.05, 3.63) is 0 Å². The fourth-order valence-electron chi connectivity index (χ4n) is 2.41. The van der Waals surface area contributed by atoms with Crippen LogP contribution in [0, 0.1) is 5.92 Å². The minimum Gasteiger partial charge on any atom is -0.341 e. The zero-order valence-electron chi connectivity index (χ0n) is 9.15. The first-order chi connectivity index (χ1) is 7.27. The summed E-state index contributed by atoms with van der Waals surface area (Å²) < 4.78 is 0. The van der Waals surface area contributed by atoms with Gasteiger partial charge in [-0.2, -0.15) is 11.8 Å². The Morgan fingerprint density at radius 2 is 2.00 bits per heavy atom. The Hall–Kier alpha value is -0.220. The van der Waals surface area contributed by atoms with E-state index in [2.05, 4.69) is 0 Å². The van der Waals surface area contributed by atoms with Crippen molar-refractivity contribution in [2.45, 2.75) is 31.7 Å². The second-order valence-corrected chi connectivity index (χ2v) is 5.80. The fourth-order valence-corrected chi connectivity index (χ4v) is 3.52. The lowest BCUT2D eigenvalue weighted by atomic mass is 9.98. The van der Waals surface area contributed by atoms with Gasteiger partial charge in [-0.05, 0) is 37.2 Å². The monoisotopic (exact) mass is 228 g/mol. The Balaban J connectivity index is 1.88. The highest BCUT2D eigenvalue weighted by molar-refractivity contribution is 7.99. The molecule has 86 valence electrons. The highest BCUT2D eigenvalue weighted by Crippen LogP contribution is 2.25. The molecule has 0 spiro atoms. The topological polar surface area (TPSA) is 46.3 Å². The molecule has 2 saturated heterocycles. The van der Waals surface area contributed by atoms with Crippen molar-refractivity contribution >= 4 is 17.7 Å². The number of amides is 1. The summed E-state index contributed by atoms with van der Waals surface area (Å²) in [6.07, 6.45) is 4.28. The average molecular weight is 228 g/mol. The van der Waals surface area contributed by atoms with E-state index in [-0.39, 0.29) is 12.0 Å². The van der Waals surface area contributed by atoms with Crippen molar-refractivity contribution in [3.63, 3.8) is 0 Å². The molecule has 2 fully saturated rings. The number of thioether (sulfide) groups is 1. The first-order valence-electron chi connectivity index (χ1n) is 5.89. The quantitative estimate of drug-likeness (QED) is 0.730. The number of likely N-dealkylation sites (tertiary alicyclic amines) is 1. The number of carbonyl (C=O) groups is 1. The minimum absolute atomic E-state index is 0.209. The van der Waals surface area contributed by atoms with E-state index >= 15 is 0 Å². The lowest BCUT2D eigenvalue weighted by molar-refractivity contribution is -0.137. The summed E-state index contributed by atoms with van der Waals surface area (Å²) >= 11 is 1.97. The summed E-state index contributed by atoms with van der Waals surface area (Å²) in [5.41, 5.74) is 5.89. The van der Waals surface area contributed by atoms with E-state index in [1.54, 1.807) is 0 Å². The summed E-state index contributed by atoms with van der Waals surface area (Å²) in [5.74, 6) is 2.95. The molecule has 4 heteroatoms. The molecule has 0 aliphatic carbocycles. The lowest BCUT2D eigenvalue weighted by Crippen LogP contribution is -2.48. The Bertz CT molecular complexity index is 229. The van der Waals surface area contributed by atoms with Crippen LogP contribution in [0.25, 0.3) is 0 Å². The summed E-state index contributed by atoms with van der Waals surface area (Å²) in [5, 5.41) is 0. The maximum absolute atomic E-state index is 12.2. The number of nitrogens with two attached hydrogens (primary N) is 1.